The van der Waals surface area contributed by atoms with Crippen molar-refractivity contribution in [1.82, 2.24) is 9.80 Å². The van der Waals surface area contributed by atoms with E-state index in [0.717, 1.165) is 12.8 Å². The van der Waals surface area contributed by atoms with Crippen LogP contribution in [0.15, 0.2) is 0 Å². The van der Waals surface area contributed by atoms with Crippen molar-refractivity contribution < 1.29 is 19.1 Å². The summed E-state index contributed by atoms with van der Waals surface area (Å²) in [6.45, 7) is 3.00. The summed E-state index contributed by atoms with van der Waals surface area (Å²) in [5, 5.41) is 0. The van der Waals surface area contributed by atoms with E-state index in [4.69, 9.17) is 9.47 Å². The summed E-state index contributed by atoms with van der Waals surface area (Å²) in [5.74, 6) is 0.0243. The van der Waals surface area contributed by atoms with Crippen molar-refractivity contribution >= 4 is 12.0 Å². The third-order valence-electron chi connectivity index (χ3n) is 3.27. The Morgan fingerprint density at radius 1 is 1.24 bits per heavy atom. The van der Waals surface area contributed by atoms with Crippen LogP contribution in [0.4, 0.5) is 4.79 Å². The summed E-state index contributed by atoms with van der Waals surface area (Å²) in [6, 6.07) is -0.347. The molecule has 0 N–H and O–H groups in total. The molecule has 0 aliphatic carbocycles. The van der Waals surface area contributed by atoms with Gasteiger partial charge < -0.3 is 14.4 Å². The molecule has 0 spiro atoms. The fourth-order valence-corrected chi connectivity index (χ4v) is 2.35. The first-order chi connectivity index (χ1) is 8.24. The minimum absolute atomic E-state index is 0.0243. The van der Waals surface area contributed by atoms with E-state index in [1.165, 1.54) is 12.0 Å². The molecule has 2 heterocycles. The number of carbonyl (C=O) groups excluding carboxylic acids is 2. The fraction of sp³-hybridized carbons (Fsp3) is 0.818. The number of morpholine rings is 1. The van der Waals surface area contributed by atoms with Gasteiger partial charge in [0.05, 0.1) is 20.3 Å². The summed E-state index contributed by atoms with van der Waals surface area (Å²) in [6.07, 6.45) is 1.18. The Morgan fingerprint density at radius 2 is 1.94 bits per heavy atom. The van der Waals surface area contributed by atoms with E-state index in [9.17, 15) is 9.59 Å². The van der Waals surface area contributed by atoms with E-state index in [0.29, 0.717) is 32.8 Å². The van der Waals surface area contributed by atoms with Crippen LogP contribution in [0, 0.1) is 0 Å². The molecule has 0 saturated carbocycles. The Bertz CT molecular complexity index is 302. The first-order valence-electron chi connectivity index (χ1n) is 5.95. The maximum Gasteiger partial charge on any atom is 0.410 e. The molecule has 1 atom stereocenters. The maximum absolute atomic E-state index is 12.3. The van der Waals surface area contributed by atoms with Gasteiger partial charge in [-0.05, 0) is 12.8 Å². The lowest BCUT2D eigenvalue weighted by Gasteiger charge is -2.31. The van der Waals surface area contributed by atoms with Crippen molar-refractivity contribution in [2.24, 2.45) is 0 Å². The highest BCUT2D eigenvalue weighted by molar-refractivity contribution is 5.86. The van der Waals surface area contributed by atoms with Crippen LogP contribution in [0.25, 0.3) is 0 Å². The lowest BCUT2D eigenvalue weighted by molar-refractivity contribution is -0.139. The molecule has 2 aliphatic heterocycles. The van der Waals surface area contributed by atoms with Crippen molar-refractivity contribution in [3.8, 4) is 0 Å². The largest absolute Gasteiger partial charge is 0.453 e. The van der Waals surface area contributed by atoms with Gasteiger partial charge in [-0.15, -0.1) is 0 Å². The summed E-state index contributed by atoms with van der Waals surface area (Å²) >= 11 is 0. The lowest BCUT2D eigenvalue weighted by atomic mass is 10.2. The number of likely N-dealkylation sites (tertiary alicyclic amines) is 1. The molecule has 6 nitrogen and oxygen atoms in total. The van der Waals surface area contributed by atoms with Gasteiger partial charge in [0.15, 0.2) is 0 Å². The normalized spacial score (nSPS) is 24.9. The zero-order chi connectivity index (χ0) is 12.3. The fourth-order valence-electron chi connectivity index (χ4n) is 2.35. The molecule has 2 aliphatic rings. The molecule has 2 fully saturated rings. The Balaban J connectivity index is 1.99. The van der Waals surface area contributed by atoms with Gasteiger partial charge in [0.25, 0.3) is 0 Å². The zero-order valence-corrected chi connectivity index (χ0v) is 10.1. The van der Waals surface area contributed by atoms with Crippen molar-refractivity contribution in [3.05, 3.63) is 0 Å². The number of ether oxygens (including phenoxy) is 2. The summed E-state index contributed by atoms with van der Waals surface area (Å²) in [4.78, 5) is 27.1. The van der Waals surface area contributed by atoms with Crippen molar-refractivity contribution in [2.45, 2.75) is 18.9 Å². The first kappa shape index (κ1) is 12.2. The van der Waals surface area contributed by atoms with Crippen LogP contribution < -0.4 is 0 Å². The van der Waals surface area contributed by atoms with E-state index < -0.39 is 6.09 Å². The predicted molar refractivity (Wildman–Crippen MR) is 59.5 cm³/mol. The molecular weight excluding hydrogens is 224 g/mol. The van der Waals surface area contributed by atoms with Crippen LogP contribution in [0.3, 0.4) is 0 Å². The monoisotopic (exact) mass is 242 g/mol. The number of hydrogen-bond acceptors (Lipinski definition) is 4. The minimum Gasteiger partial charge on any atom is -0.453 e. The molecule has 17 heavy (non-hydrogen) atoms. The van der Waals surface area contributed by atoms with Crippen molar-refractivity contribution in [2.75, 3.05) is 40.0 Å². The second-order valence-electron chi connectivity index (χ2n) is 4.26. The van der Waals surface area contributed by atoms with Crippen LogP contribution in [0.2, 0.25) is 0 Å². The van der Waals surface area contributed by atoms with Crippen LogP contribution in [-0.2, 0) is 14.3 Å². The van der Waals surface area contributed by atoms with Gasteiger partial charge in [0, 0.05) is 19.6 Å². The average molecular weight is 242 g/mol. The quantitative estimate of drug-likeness (QED) is 0.653. The van der Waals surface area contributed by atoms with Gasteiger partial charge >= 0.3 is 6.09 Å². The molecule has 6 heteroatoms. The average Bonchev–Trinajstić information content (AvgIpc) is 2.87. The molecule has 2 rings (SSSR count). The van der Waals surface area contributed by atoms with E-state index in [1.54, 1.807) is 4.90 Å². The highest BCUT2D eigenvalue weighted by Gasteiger charge is 2.37. The number of hydrogen-bond donors (Lipinski definition) is 0. The second kappa shape index (κ2) is 5.35. The van der Waals surface area contributed by atoms with E-state index in [1.807, 2.05) is 0 Å². The lowest BCUT2D eigenvalue weighted by Crippen LogP contribution is -2.51. The first-order valence-corrected chi connectivity index (χ1v) is 5.95. The van der Waals surface area contributed by atoms with Gasteiger partial charge in [0.2, 0.25) is 5.91 Å². The highest BCUT2D eigenvalue weighted by Crippen LogP contribution is 2.20. The maximum atomic E-state index is 12.3. The third kappa shape index (κ3) is 2.52. The van der Waals surface area contributed by atoms with Gasteiger partial charge in [0.1, 0.15) is 6.04 Å². The summed E-state index contributed by atoms with van der Waals surface area (Å²) in [5.41, 5.74) is 0. The standard InChI is InChI=1S/C11H18N2O4/c1-16-11(15)13-4-2-3-9(13)10(14)12-5-7-17-8-6-12/h9H,2-8H2,1H3/t9-/m1/s1. The summed E-state index contributed by atoms with van der Waals surface area (Å²) < 4.78 is 9.90. The molecule has 2 amide bonds. The molecule has 2 saturated heterocycles. The number of nitrogens with zero attached hydrogens (tertiary/aromatic N) is 2. The van der Waals surface area contributed by atoms with Gasteiger partial charge in [-0.2, -0.15) is 0 Å². The number of carbonyl (C=O) groups is 2. The van der Waals surface area contributed by atoms with Crippen LogP contribution in [0.1, 0.15) is 12.8 Å². The Labute approximate surface area is 100 Å². The Morgan fingerprint density at radius 3 is 2.59 bits per heavy atom. The molecular formula is C11H18N2O4. The second-order valence-corrected chi connectivity index (χ2v) is 4.26. The third-order valence-corrected chi connectivity index (χ3v) is 3.27. The van der Waals surface area contributed by atoms with Crippen LogP contribution >= 0.6 is 0 Å². The van der Waals surface area contributed by atoms with E-state index in [-0.39, 0.29) is 11.9 Å². The molecule has 0 radical (unpaired) electrons. The van der Waals surface area contributed by atoms with Gasteiger partial charge in [-0.1, -0.05) is 0 Å². The molecule has 0 aromatic heterocycles. The number of rotatable bonds is 1. The van der Waals surface area contributed by atoms with Crippen LogP contribution in [-0.4, -0.2) is 67.8 Å². The SMILES string of the molecule is COC(=O)N1CCC[C@@H]1C(=O)N1CCOCC1. The predicted octanol–water partition coefficient (Wildman–Crippen LogP) is 0.0760. The van der Waals surface area contributed by atoms with Crippen molar-refractivity contribution in [1.29, 1.82) is 0 Å². The molecule has 0 aromatic rings. The van der Waals surface area contributed by atoms with E-state index in [2.05, 4.69) is 0 Å². The number of amides is 2. The molecule has 0 aromatic carbocycles. The Hall–Kier alpha value is -1.30. The Kier molecular flexibility index (Phi) is 3.83. The van der Waals surface area contributed by atoms with Crippen molar-refractivity contribution in [3.63, 3.8) is 0 Å². The zero-order valence-electron chi connectivity index (χ0n) is 10.1. The van der Waals surface area contributed by atoms with E-state index >= 15 is 0 Å². The van der Waals surface area contributed by atoms with Crippen LogP contribution in [0.5, 0.6) is 0 Å². The van der Waals surface area contributed by atoms with Gasteiger partial charge in [-0.25, -0.2) is 4.79 Å². The topological polar surface area (TPSA) is 59.1 Å². The molecule has 0 unspecified atom stereocenters. The summed E-state index contributed by atoms with van der Waals surface area (Å²) in [7, 11) is 1.34. The highest BCUT2D eigenvalue weighted by atomic mass is 16.5. The minimum atomic E-state index is -0.408. The number of methoxy groups -OCH3 is 1. The molecule has 0 bridgehead atoms. The molecule has 96 valence electrons. The smallest absolute Gasteiger partial charge is 0.410 e. The van der Waals surface area contributed by atoms with Gasteiger partial charge in [-0.3, -0.25) is 9.69 Å².